The van der Waals surface area contributed by atoms with Gasteiger partial charge < -0.3 is 10.2 Å². The fourth-order valence-corrected chi connectivity index (χ4v) is 2.39. The van der Waals surface area contributed by atoms with Crippen LogP contribution >= 0.6 is 11.6 Å². The van der Waals surface area contributed by atoms with Crippen molar-refractivity contribution in [2.45, 2.75) is 12.0 Å². The number of carboxylic acids is 1. The molecule has 0 amide bonds. The maximum atomic E-state index is 11.3. The van der Waals surface area contributed by atoms with Crippen LogP contribution in [0.2, 0.25) is 0 Å². The number of aromatic hydroxyl groups is 1. The van der Waals surface area contributed by atoms with E-state index in [1.807, 2.05) is 0 Å². The van der Waals surface area contributed by atoms with Crippen LogP contribution in [0, 0.1) is 10.1 Å². The average molecular weight is 296 g/mol. The molecule has 1 aromatic carbocycles. The minimum atomic E-state index is -2.32. The molecular formula is C13H10ClNO5. The summed E-state index contributed by atoms with van der Waals surface area (Å²) in [6.45, 7) is 0. The number of hydrogen-bond donors (Lipinski definition) is 2. The number of aliphatic carboxylic acids is 1. The summed E-state index contributed by atoms with van der Waals surface area (Å²) in [5.74, 6) is -1.69. The molecule has 1 aliphatic carbocycles. The second-order valence-corrected chi connectivity index (χ2v) is 4.82. The molecule has 0 aromatic heterocycles. The van der Waals surface area contributed by atoms with Crippen LogP contribution in [0.3, 0.4) is 0 Å². The van der Waals surface area contributed by atoms with Crippen LogP contribution in [-0.4, -0.2) is 26.6 Å². The average Bonchev–Trinajstić information content (AvgIpc) is 2.37. The first kappa shape index (κ1) is 14.1. The number of carboxylic acid groups (broad SMARTS) is 1. The Bertz CT molecular complexity index is 636. The highest BCUT2D eigenvalue weighted by Gasteiger charge is 2.52. The van der Waals surface area contributed by atoms with E-state index in [0.29, 0.717) is 11.1 Å². The first-order valence-corrected chi connectivity index (χ1v) is 6.00. The van der Waals surface area contributed by atoms with Crippen LogP contribution in [0.15, 0.2) is 41.4 Å². The Kier molecular flexibility index (Phi) is 3.50. The lowest BCUT2D eigenvalue weighted by Gasteiger charge is -2.23. The molecule has 2 rings (SSSR count). The summed E-state index contributed by atoms with van der Waals surface area (Å²) in [6.07, 6.45) is 1.94. The molecule has 0 saturated carbocycles. The number of hydrogen-bond acceptors (Lipinski definition) is 4. The van der Waals surface area contributed by atoms with Crippen LogP contribution in [0.1, 0.15) is 12.0 Å². The quantitative estimate of drug-likeness (QED) is 0.658. The molecule has 0 bridgehead atoms. The largest absolute Gasteiger partial charge is 0.507 e. The van der Waals surface area contributed by atoms with E-state index in [4.69, 9.17) is 11.6 Å². The van der Waals surface area contributed by atoms with Crippen molar-refractivity contribution in [3.8, 4) is 5.75 Å². The van der Waals surface area contributed by atoms with Crippen LogP contribution in [0.4, 0.5) is 0 Å². The van der Waals surface area contributed by atoms with Crippen LogP contribution < -0.4 is 0 Å². The van der Waals surface area contributed by atoms with Crippen molar-refractivity contribution in [2.24, 2.45) is 0 Å². The molecule has 0 radical (unpaired) electrons. The number of phenols is 1. The lowest BCUT2D eigenvalue weighted by atomic mass is 9.84. The fourth-order valence-electron chi connectivity index (χ4n) is 2.08. The van der Waals surface area contributed by atoms with Gasteiger partial charge in [-0.3, -0.25) is 10.1 Å². The van der Waals surface area contributed by atoms with Crippen molar-refractivity contribution in [1.29, 1.82) is 0 Å². The predicted molar refractivity (Wildman–Crippen MR) is 72.0 cm³/mol. The van der Waals surface area contributed by atoms with Gasteiger partial charge in [0.05, 0.1) is 6.42 Å². The number of para-hydroxylation sites is 1. The highest BCUT2D eigenvalue weighted by atomic mass is 35.5. The van der Waals surface area contributed by atoms with Gasteiger partial charge in [-0.25, -0.2) is 4.79 Å². The number of benzene rings is 1. The molecule has 0 spiro atoms. The van der Waals surface area contributed by atoms with E-state index in [-0.39, 0.29) is 17.2 Å². The van der Waals surface area contributed by atoms with Gasteiger partial charge in [-0.2, -0.15) is 0 Å². The van der Waals surface area contributed by atoms with Gasteiger partial charge in [-0.05, 0) is 17.7 Å². The van der Waals surface area contributed by atoms with E-state index < -0.39 is 16.4 Å². The number of rotatable bonds is 3. The number of halogens is 1. The number of carbonyl (C=O) groups is 1. The lowest BCUT2D eigenvalue weighted by Crippen LogP contribution is -2.45. The Morgan fingerprint density at radius 3 is 2.60 bits per heavy atom. The van der Waals surface area contributed by atoms with Crippen molar-refractivity contribution >= 4 is 23.1 Å². The second kappa shape index (κ2) is 4.97. The fraction of sp³-hybridized carbons (Fsp3) is 0.154. The normalized spacial score (nSPS) is 21.9. The van der Waals surface area contributed by atoms with Crippen molar-refractivity contribution in [2.75, 3.05) is 0 Å². The molecule has 1 aromatic rings. The zero-order valence-corrected chi connectivity index (χ0v) is 10.9. The molecule has 20 heavy (non-hydrogen) atoms. The summed E-state index contributed by atoms with van der Waals surface area (Å²) in [6, 6.07) is 6.19. The molecule has 0 heterocycles. The summed E-state index contributed by atoms with van der Waals surface area (Å²) < 4.78 is 0. The van der Waals surface area contributed by atoms with Gasteiger partial charge in [-0.1, -0.05) is 29.8 Å². The Labute approximate surface area is 118 Å². The van der Waals surface area contributed by atoms with Gasteiger partial charge in [0, 0.05) is 21.6 Å². The minimum Gasteiger partial charge on any atom is -0.507 e. The number of allylic oxidation sites excluding steroid dienone is 2. The second-order valence-electron chi connectivity index (χ2n) is 4.38. The third-order valence-corrected chi connectivity index (χ3v) is 3.31. The summed E-state index contributed by atoms with van der Waals surface area (Å²) in [5.41, 5.74) is -1.69. The SMILES string of the molecule is O=C(O)C1([N+](=O)[O-])C=C(Cl)C=C(c2ccccc2O)C1. The topological polar surface area (TPSA) is 101 Å². The highest BCUT2D eigenvalue weighted by molar-refractivity contribution is 6.32. The van der Waals surface area contributed by atoms with Gasteiger partial charge >= 0.3 is 11.5 Å². The zero-order chi connectivity index (χ0) is 14.9. The number of nitro groups is 1. The Morgan fingerprint density at radius 2 is 2.05 bits per heavy atom. The van der Waals surface area contributed by atoms with Gasteiger partial charge in [0.15, 0.2) is 0 Å². The zero-order valence-electron chi connectivity index (χ0n) is 10.1. The third-order valence-electron chi connectivity index (χ3n) is 3.09. The minimum absolute atomic E-state index is 0.0476. The van der Waals surface area contributed by atoms with Crippen LogP contribution in [0.5, 0.6) is 5.75 Å². The maximum Gasteiger partial charge on any atom is 0.387 e. The number of nitrogens with zero attached hydrogens (tertiary/aromatic N) is 1. The van der Waals surface area contributed by atoms with E-state index >= 15 is 0 Å². The van der Waals surface area contributed by atoms with Gasteiger partial charge in [0.1, 0.15) is 5.75 Å². The first-order valence-electron chi connectivity index (χ1n) is 5.62. The van der Waals surface area contributed by atoms with E-state index in [1.165, 1.54) is 12.1 Å². The lowest BCUT2D eigenvalue weighted by molar-refractivity contribution is -0.539. The highest BCUT2D eigenvalue weighted by Crippen LogP contribution is 2.38. The molecule has 7 heteroatoms. The molecular weight excluding hydrogens is 286 g/mol. The van der Waals surface area contributed by atoms with Crippen LogP contribution in [0.25, 0.3) is 5.57 Å². The molecule has 0 aliphatic heterocycles. The molecule has 2 N–H and O–H groups in total. The Hall–Kier alpha value is -2.34. The van der Waals surface area contributed by atoms with Gasteiger partial charge in [-0.15, -0.1) is 0 Å². The van der Waals surface area contributed by atoms with Crippen molar-refractivity contribution < 1.29 is 19.9 Å². The van der Waals surface area contributed by atoms with Crippen molar-refractivity contribution in [1.82, 2.24) is 0 Å². The molecule has 0 fully saturated rings. The predicted octanol–water partition coefficient (Wildman–Crippen LogP) is 2.40. The molecule has 1 unspecified atom stereocenters. The molecule has 1 atom stereocenters. The molecule has 1 aliphatic rings. The molecule has 104 valence electrons. The summed E-state index contributed by atoms with van der Waals surface area (Å²) in [7, 11) is 0. The standard InChI is InChI=1S/C13H10ClNO5/c14-9-5-8(10-3-1-2-4-11(10)16)6-13(7-9,12(17)18)15(19)20/h1-5,7,16H,6H2,(H,17,18). The summed E-state index contributed by atoms with van der Waals surface area (Å²) >= 11 is 5.82. The first-order chi connectivity index (χ1) is 9.36. The van der Waals surface area contributed by atoms with Crippen molar-refractivity contribution in [3.63, 3.8) is 0 Å². The van der Waals surface area contributed by atoms with E-state index in [2.05, 4.69) is 0 Å². The van der Waals surface area contributed by atoms with Crippen molar-refractivity contribution in [3.05, 3.63) is 57.1 Å². The smallest absolute Gasteiger partial charge is 0.387 e. The Morgan fingerprint density at radius 1 is 1.40 bits per heavy atom. The van der Waals surface area contributed by atoms with Gasteiger partial charge in [0.25, 0.3) is 0 Å². The van der Waals surface area contributed by atoms with Gasteiger partial charge in [0.2, 0.25) is 0 Å². The monoisotopic (exact) mass is 295 g/mol. The summed E-state index contributed by atoms with van der Waals surface area (Å²) in [5, 5.41) is 30.1. The van der Waals surface area contributed by atoms with E-state index in [9.17, 15) is 25.1 Å². The third kappa shape index (κ3) is 2.25. The molecule has 0 saturated heterocycles. The van der Waals surface area contributed by atoms with Crippen LogP contribution in [-0.2, 0) is 4.79 Å². The summed E-state index contributed by atoms with van der Waals surface area (Å²) in [4.78, 5) is 21.6. The van der Waals surface area contributed by atoms with E-state index in [0.717, 1.165) is 6.08 Å². The Balaban J connectivity index is 2.55. The number of phenolic OH excluding ortho intramolecular Hbond substituents is 1. The maximum absolute atomic E-state index is 11.3. The van der Waals surface area contributed by atoms with E-state index in [1.54, 1.807) is 18.2 Å². The molecule has 6 nitrogen and oxygen atoms in total.